The van der Waals surface area contributed by atoms with E-state index in [1.165, 1.54) is 13.0 Å². The zero-order chi connectivity index (χ0) is 10.1. The van der Waals surface area contributed by atoms with Gasteiger partial charge in [-0.25, -0.2) is 8.78 Å². The van der Waals surface area contributed by atoms with Gasteiger partial charge in [0.2, 0.25) is 5.78 Å². The number of nitrogens with zero attached hydrogens (tertiary/aromatic N) is 1. The highest BCUT2D eigenvalue weighted by Gasteiger charge is 2.24. The zero-order valence-electron chi connectivity index (χ0n) is 7.47. The summed E-state index contributed by atoms with van der Waals surface area (Å²) in [6, 6.07) is 1.50. The molecule has 0 spiro atoms. The third-order valence-corrected chi connectivity index (χ3v) is 1.12. The molecule has 0 rings (SSSR count). The molecule has 0 heterocycles. The van der Waals surface area contributed by atoms with Gasteiger partial charge in [-0.05, 0) is 6.42 Å². The minimum Gasteiger partial charge on any atom is -0.292 e. The van der Waals surface area contributed by atoms with Crippen LogP contribution in [-0.4, -0.2) is 12.2 Å². The van der Waals surface area contributed by atoms with Crippen molar-refractivity contribution in [3.8, 4) is 6.07 Å². The lowest BCUT2D eigenvalue weighted by Gasteiger charge is -2.01. The first-order valence-corrected chi connectivity index (χ1v) is 3.85. The average Bonchev–Trinajstić information content (AvgIpc) is 2.10. The molecule has 0 amide bonds. The number of alkyl halides is 2. The van der Waals surface area contributed by atoms with Gasteiger partial charge >= 0.3 is 0 Å². The van der Waals surface area contributed by atoms with Gasteiger partial charge < -0.3 is 0 Å². The van der Waals surface area contributed by atoms with Gasteiger partial charge in [-0.2, -0.15) is 5.26 Å². The summed E-state index contributed by atoms with van der Waals surface area (Å²) in [5, 5.41) is 8.14. The van der Waals surface area contributed by atoms with E-state index in [1.54, 1.807) is 0 Å². The Morgan fingerprint density at radius 2 is 1.92 bits per heavy atom. The monoisotopic (exact) mass is 177 g/mol. The van der Waals surface area contributed by atoms with Crippen LogP contribution in [0, 0.1) is 17.2 Å². The van der Waals surface area contributed by atoms with Crippen LogP contribution in [0.1, 0.15) is 27.2 Å². The Balaban J connectivity index is 0. The maximum atomic E-state index is 11.6. The molecule has 0 aliphatic rings. The van der Waals surface area contributed by atoms with E-state index in [0.717, 1.165) is 0 Å². The van der Waals surface area contributed by atoms with Crippen molar-refractivity contribution in [1.82, 2.24) is 0 Å². The molecule has 0 bridgehead atoms. The predicted octanol–water partition coefficient (Wildman–Crippen LogP) is 2.40. The average molecular weight is 177 g/mol. The van der Waals surface area contributed by atoms with E-state index in [0.29, 0.717) is 0 Å². The lowest BCUT2D eigenvalue weighted by molar-refractivity contribution is -0.132. The van der Waals surface area contributed by atoms with Crippen molar-refractivity contribution in [3.63, 3.8) is 0 Å². The molecule has 0 aromatic heterocycles. The van der Waals surface area contributed by atoms with Gasteiger partial charge in [-0.1, -0.05) is 20.8 Å². The van der Waals surface area contributed by atoms with E-state index in [4.69, 9.17) is 5.26 Å². The Hall–Kier alpha value is -0.980. The van der Waals surface area contributed by atoms with Crippen LogP contribution >= 0.6 is 0 Å². The largest absolute Gasteiger partial charge is 0.297 e. The summed E-state index contributed by atoms with van der Waals surface area (Å²) in [7, 11) is 0. The number of hydrogen-bond donors (Lipinski definition) is 0. The molecular weight excluding hydrogens is 164 g/mol. The standard InChI is InChI=1S/C6H7F2NO.C2H6/c1-2-4(3-9)5(10)6(7)8;1-2/h4,6H,2H2,1H3;1-2H3. The van der Waals surface area contributed by atoms with Crippen LogP contribution in [0.25, 0.3) is 0 Å². The van der Waals surface area contributed by atoms with Gasteiger partial charge in [0.15, 0.2) is 0 Å². The Morgan fingerprint density at radius 1 is 1.50 bits per heavy atom. The van der Waals surface area contributed by atoms with Gasteiger partial charge in [0.1, 0.15) is 5.92 Å². The first-order chi connectivity index (χ1) is 5.63. The molecule has 2 nitrogen and oxygen atoms in total. The molecule has 0 fully saturated rings. The number of Topliss-reactive ketones (excluding diaryl/α,β-unsaturated/α-hetero) is 1. The molecule has 12 heavy (non-hydrogen) atoms. The van der Waals surface area contributed by atoms with Crippen LogP contribution in [0.4, 0.5) is 8.78 Å². The van der Waals surface area contributed by atoms with Gasteiger partial charge in [0, 0.05) is 0 Å². The predicted molar refractivity (Wildman–Crippen MR) is 41.8 cm³/mol. The maximum absolute atomic E-state index is 11.6. The van der Waals surface area contributed by atoms with E-state index in [1.807, 2.05) is 13.8 Å². The van der Waals surface area contributed by atoms with E-state index in [-0.39, 0.29) is 6.42 Å². The molecule has 0 saturated heterocycles. The highest BCUT2D eigenvalue weighted by molar-refractivity contribution is 5.85. The molecule has 0 saturated carbocycles. The number of rotatable bonds is 3. The van der Waals surface area contributed by atoms with Crippen molar-refractivity contribution in [1.29, 1.82) is 5.26 Å². The number of halogens is 2. The van der Waals surface area contributed by atoms with Crippen LogP contribution in [-0.2, 0) is 4.79 Å². The Labute approximate surface area is 71.2 Å². The summed E-state index contributed by atoms with van der Waals surface area (Å²) in [5.41, 5.74) is 0. The number of ketones is 1. The third-order valence-electron chi connectivity index (χ3n) is 1.12. The van der Waals surface area contributed by atoms with E-state index in [9.17, 15) is 13.6 Å². The maximum Gasteiger partial charge on any atom is 0.297 e. The van der Waals surface area contributed by atoms with Crippen molar-refractivity contribution in [2.75, 3.05) is 0 Å². The Morgan fingerprint density at radius 3 is 2.00 bits per heavy atom. The summed E-state index contributed by atoms with van der Waals surface area (Å²) >= 11 is 0. The van der Waals surface area contributed by atoms with Crippen LogP contribution < -0.4 is 0 Å². The number of hydrogen-bond acceptors (Lipinski definition) is 2. The van der Waals surface area contributed by atoms with Crippen molar-refractivity contribution >= 4 is 5.78 Å². The minimum atomic E-state index is -3.01. The smallest absolute Gasteiger partial charge is 0.292 e. The van der Waals surface area contributed by atoms with Crippen molar-refractivity contribution < 1.29 is 13.6 Å². The quantitative estimate of drug-likeness (QED) is 0.664. The van der Waals surface area contributed by atoms with Crippen molar-refractivity contribution in [3.05, 3.63) is 0 Å². The Kier molecular flexibility index (Phi) is 9.20. The lowest BCUT2D eigenvalue weighted by Crippen LogP contribution is -2.19. The minimum absolute atomic E-state index is 0.152. The highest BCUT2D eigenvalue weighted by atomic mass is 19.3. The second-order valence-electron chi connectivity index (χ2n) is 1.79. The van der Waals surface area contributed by atoms with Crippen LogP contribution in [0.15, 0.2) is 0 Å². The summed E-state index contributed by atoms with van der Waals surface area (Å²) in [4.78, 5) is 10.3. The van der Waals surface area contributed by atoms with E-state index >= 15 is 0 Å². The third kappa shape index (κ3) is 4.78. The fourth-order valence-electron chi connectivity index (χ4n) is 0.508. The van der Waals surface area contributed by atoms with Gasteiger partial charge in [0.25, 0.3) is 6.43 Å². The molecule has 70 valence electrons. The van der Waals surface area contributed by atoms with E-state index in [2.05, 4.69) is 0 Å². The summed E-state index contributed by atoms with van der Waals surface area (Å²) < 4.78 is 23.1. The van der Waals surface area contributed by atoms with Crippen LogP contribution in [0.2, 0.25) is 0 Å². The van der Waals surface area contributed by atoms with Gasteiger partial charge in [-0.3, -0.25) is 4.79 Å². The molecule has 0 aromatic carbocycles. The van der Waals surface area contributed by atoms with E-state index < -0.39 is 18.1 Å². The second kappa shape index (κ2) is 8.12. The first kappa shape index (κ1) is 13.6. The molecule has 0 aliphatic carbocycles. The fourth-order valence-corrected chi connectivity index (χ4v) is 0.508. The molecule has 0 aliphatic heterocycles. The first-order valence-electron chi connectivity index (χ1n) is 3.85. The molecule has 4 heteroatoms. The fraction of sp³-hybridized carbons (Fsp3) is 0.750. The number of carbonyl (C=O) groups is 1. The summed E-state index contributed by atoms with van der Waals surface area (Å²) in [6.07, 6.45) is -2.86. The zero-order valence-corrected chi connectivity index (χ0v) is 7.47. The van der Waals surface area contributed by atoms with Gasteiger partial charge in [-0.15, -0.1) is 0 Å². The lowest BCUT2D eigenvalue weighted by atomic mass is 10.0. The van der Waals surface area contributed by atoms with Crippen molar-refractivity contribution in [2.24, 2.45) is 5.92 Å². The molecule has 0 aromatic rings. The molecule has 1 unspecified atom stereocenters. The summed E-state index contributed by atoms with van der Waals surface area (Å²) in [6.45, 7) is 5.52. The number of carbonyl (C=O) groups excluding carboxylic acids is 1. The van der Waals surface area contributed by atoms with Gasteiger partial charge in [0.05, 0.1) is 6.07 Å². The topological polar surface area (TPSA) is 40.9 Å². The second-order valence-corrected chi connectivity index (χ2v) is 1.79. The number of nitriles is 1. The summed E-state index contributed by atoms with van der Waals surface area (Å²) in [5.74, 6) is -2.41. The Bertz CT molecular complexity index is 163. The molecule has 0 radical (unpaired) electrons. The highest BCUT2D eigenvalue weighted by Crippen LogP contribution is 2.08. The van der Waals surface area contributed by atoms with Crippen LogP contribution in [0.5, 0.6) is 0 Å². The molecular formula is C8H13F2NO. The normalized spacial score (nSPS) is 11.1. The molecule has 1 atom stereocenters. The molecule has 0 N–H and O–H groups in total. The van der Waals surface area contributed by atoms with Crippen LogP contribution in [0.3, 0.4) is 0 Å². The van der Waals surface area contributed by atoms with Crippen molar-refractivity contribution in [2.45, 2.75) is 33.6 Å². The SMILES string of the molecule is CC.CCC(C#N)C(=O)C(F)F.